The standard InChI is InChI=1S/C19H15NO/c1-19(12-20-16-9-5-4-8-15(16)19)18-14-7-3-2-6-13(14)10-11-17(18)21/h2-12,21H,1H3. The second kappa shape index (κ2) is 4.19. The lowest BCUT2D eigenvalue weighted by molar-refractivity contribution is 0.464. The average Bonchev–Trinajstić information content (AvgIpc) is 2.86. The second-order valence-electron chi connectivity index (χ2n) is 5.66. The van der Waals surface area contributed by atoms with Crippen molar-refractivity contribution in [1.29, 1.82) is 0 Å². The van der Waals surface area contributed by atoms with Gasteiger partial charge in [-0.3, -0.25) is 4.99 Å². The van der Waals surface area contributed by atoms with Crippen LogP contribution in [0.1, 0.15) is 18.1 Å². The Bertz CT molecular complexity index is 882. The van der Waals surface area contributed by atoms with E-state index >= 15 is 0 Å². The maximum absolute atomic E-state index is 10.5. The fourth-order valence-electron chi connectivity index (χ4n) is 3.30. The Hall–Kier alpha value is -2.61. The van der Waals surface area contributed by atoms with Gasteiger partial charge in [-0.25, -0.2) is 0 Å². The van der Waals surface area contributed by atoms with Gasteiger partial charge in [0.1, 0.15) is 5.75 Å². The first-order valence-electron chi connectivity index (χ1n) is 7.06. The van der Waals surface area contributed by atoms with Crippen LogP contribution >= 0.6 is 0 Å². The van der Waals surface area contributed by atoms with Crippen LogP contribution in [0.25, 0.3) is 10.8 Å². The second-order valence-corrected chi connectivity index (χ2v) is 5.66. The third-order valence-corrected chi connectivity index (χ3v) is 4.35. The molecule has 0 spiro atoms. The molecule has 0 aliphatic carbocycles. The molecule has 3 aromatic carbocycles. The number of hydrogen-bond acceptors (Lipinski definition) is 2. The molecular weight excluding hydrogens is 258 g/mol. The fraction of sp³-hybridized carbons (Fsp3) is 0.105. The highest BCUT2D eigenvalue weighted by Gasteiger charge is 2.36. The molecule has 4 rings (SSSR count). The summed E-state index contributed by atoms with van der Waals surface area (Å²) in [5, 5.41) is 12.7. The van der Waals surface area contributed by atoms with Crippen LogP contribution in [-0.4, -0.2) is 11.3 Å². The third kappa shape index (κ3) is 1.62. The smallest absolute Gasteiger partial charge is 0.120 e. The largest absolute Gasteiger partial charge is 0.508 e. The molecule has 1 aliphatic heterocycles. The molecule has 1 aliphatic rings. The van der Waals surface area contributed by atoms with Crippen molar-refractivity contribution >= 4 is 22.7 Å². The quantitative estimate of drug-likeness (QED) is 0.692. The van der Waals surface area contributed by atoms with Crippen molar-refractivity contribution < 1.29 is 5.11 Å². The Kier molecular flexibility index (Phi) is 2.43. The zero-order valence-electron chi connectivity index (χ0n) is 11.7. The molecule has 3 aromatic rings. The molecule has 21 heavy (non-hydrogen) atoms. The summed E-state index contributed by atoms with van der Waals surface area (Å²) in [6.45, 7) is 2.11. The lowest BCUT2D eigenvalue weighted by atomic mass is 9.75. The predicted octanol–water partition coefficient (Wildman–Crippen LogP) is 4.57. The number of aromatic hydroxyl groups is 1. The molecule has 0 amide bonds. The van der Waals surface area contributed by atoms with Crippen LogP contribution in [0.5, 0.6) is 5.75 Å². The van der Waals surface area contributed by atoms with Gasteiger partial charge in [0.15, 0.2) is 0 Å². The summed E-state index contributed by atoms with van der Waals surface area (Å²) < 4.78 is 0. The van der Waals surface area contributed by atoms with E-state index in [9.17, 15) is 5.11 Å². The number of nitrogens with zero attached hydrogens (tertiary/aromatic N) is 1. The summed E-state index contributed by atoms with van der Waals surface area (Å²) in [5.74, 6) is 0.319. The van der Waals surface area contributed by atoms with Crippen molar-refractivity contribution in [3.8, 4) is 5.75 Å². The van der Waals surface area contributed by atoms with Gasteiger partial charge in [0.2, 0.25) is 0 Å². The molecule has 0 aromatic heterocycles. The number of phenolic OH excluding ortho intramolecular Hbond substituents is 1. The van der Waals surface area contributed by atoms with Gasteiger partial charge >= 0.3 is 0 Å². The Morgan fingerprint density at radius 3 is 2.57 bits per heavy atom. The molecule has 0 radical (unpaired) electrons. The zero-order valence-corrected chi connectivity index (χ0v) is 11.7. The fourth-order valence-corrected chi connectivity index (χ4v) is 3.30. The van der Waals surface area contributed by atoms with Crippen molar-refractivity contribution in [1.82, 2.24) is 0 Å². The number of phenols is 1. The summed E-state index contributed by atoms with van der Waals surface area (Å²) >= 11 is 0. The van der Waals surface area contributed by atoms with Gasteiger partial charge in [-0.2, -0.15) is 0 Å². The van der Waals surface area contributed by atoms with Gasteiger partial charge in [0.25, 0.3) is 0 Å². The van der Waals surface area contributed by atoms with E-state index in [1.54, 1.807) is 6.07 Å². The summed E-state index contributed by atoms with van der Waals surface area (Å²) in [4.78, 5) is 4.54. The summed E-state index contributed by atoms with van der Waals surface area (Å²) in [6.07, 6.45) is 1.94. The van der Waals surface area contributed by atoms with Crippen molar-refractivity contribution in [2.45, 2.75) is 12.3 Å². The van der Waals surface area contributed by atoms with E-state index in [0.29, 0.717) is 5.75 Å². The van der Waals surface area contributed by atoms with Gasteiger partial charge in [-0.15, -0.1) is 0 Å². The number of para-hydroxylation sites is 1. The van der Waals surface area contributed by atoms with Gasteiger partial charge in [0.05, 0.1) is 11.1 Å². The molecular formula is C19H15NO. The van der Waals surface area contributed by atoms with E-state index in [2.05, 4.69) is 30.1 Å². The zero-order chi connectivity index (χ0) is 14.4. The molecule has 0 bridgehead atoms. The van der Waals surface area contributed by atoms with E-state index in [1.807, 2.05) is 42.6 Å². The minimum atomic E-state index is -0.401. The van der Waals surface area contributed by atoms with Crippen molar-refractivity contribution in [2.75, 3.05) is 0 Å². The van der Waals surface area contributed by atoms with E-state index in [4.69, 9.17) is 0 Å². The van der Waals surface area contributed by atoms with E-state index < -0.39 is 5.41 Å². The minimum absolute atomic E-state index is 0.319. The molecule has 0 fully saturated rings. The summed E-state index contributed by atoms with van der Waals surface area (Å²) in [5.41, 5.74) is 2.64. The normalized spacial score (nSPS) is 19.9. The van der Waals surface area contributed by atoms with Crippen LogP contribution in [0.2, 0.25) is 0 Å². The van der Waals surface area contributed by atoms with Crippen LogP contribution in [-0.2, 0) is 5.41 Å². The molecule has 1 N–H and O–H groups in total. The van der Waals surface area contributed by atoms with Gasteiger partial charge in [-0.05, 0) is 35.4 Å². The highest BCUT2D eigenvalue weighted by atomic mass is 16.3. The summed E-state index contributed by atoms with van der Waals surface area (Å²) in [7, 11) is 0. The molecule has 2 nitrogen and oxygen atoms in total. The van der Waals surface area contributed by atoms with Crippen molar-refractivity contribution in [3.63, 3.8) is 0 Å². The topological polar surface area (TPSA) is 32.6 Å². The number of benzene rings is 3. The van der Waals surface area contributed by atoms with Crippen LogP contribution < -0.4 is 0 Å². The molecule has 0 saturated heterocycles. The van der Waals surface area contributed by atoms with E-state index in [0.717, 1.165) is 27.6 Å². The minimum Gasteiger partial charge on any atom is -0.508 e. The highest BCUT2D eigenvalue weighted by molar-refractivity contribution is 5.98. The van der Waals surface area contributed by atoms with Crippen LogP contribution in [0.15, 0.2) is 65.7 Å². The van der Waals surface area contributed by atoms with Crippen molar-refractivity contribution in [3.05, 3.63) is 71.8 Å². The van der Waals surface area contributed by atoms with Crippen LogP contribution in [0.4, 0.5) is 5.69 Å². The number of aliphatic imine (C=N–C) groups is 1. The molecule has 1 atom stereocenters. The van der Waals surface area contributed by atoms with Gasteiger partial charge < -0.3 is 5.11 Å². The maximum Gasteiger partial charge on any atom is 0.120 e. The Morgan fingerprint density at radius 2 is 1.67 bits per heavy atom. The van der Waals surface area contributed by atoms with Crippen molar-refractivity contribution in [2.24, 2.45) is 4.99 Å². The van der Waals surface area contributed by atoms with Gasteiger partial charge in [0, 0.05) is 11.8 Å². The first kappa shape index (κ1) is 12.2. The summed E-state index contributed by atoms with van der Waals surface area (Å²) in [6, 6.07) is 20.0. The first-order valence-corrected chi connectivity index (χ1v) is 7.06. The lowest BCUT2D eigenvalue weighted by Crippen LogP contribution is -2.23. The molecule has 1 heterocycles. The molecule has 1 unspecified atom stereocenters. The molecule has 0 saturated carbocycles. The van der Waals surface area contributed by atoms with E-state index in [-0.39, 0.29) is 0 Å². The molecule has 102 valence electrons. The number of fused-ring (bicyclic) bond motifs is 2. The Labute approximate surface area is 123 Å². The maximum atomic E-state index is 10.5. The SMILES string of the molecule is CC1(c2c(O)ccc3ccccc23)C=Nc2ccccc21. The predicted molar refractivity (Wildman–Crippen MR) is 86.7 cm³/mol. The Morgan fingerprint density at radius 1 is 0.905 bits per heavy atom. The number of rotatable bonds is 1. The lowest BCUT2D eigenvalue weighted by Gasteiger charge is -2.26. The van der Waals surface area contributed by atoms with E-state index in [1.165, 1.54) is 0 Å². The first-order chi connectivity index (χ1) is 10.2. The van der Waals surface area contributed by atoms with Crippen LogP contribution in [0.3, 0.4) is 0 Å². The van der Waals surface area contributed by atoms with Gasteiger partial charge in [-0.1, -0.05) is 48.5 Å². The number of hydrogen-bond donors (Lipinski definition) is 1. The molecule has 2 heteroatoms. The van der Waals surface area contributed by atoms with Crippen LogP contribution in [0, 0.1) is 0 Å². The average molecular weight is 273 g/mol. The monoisotopic (exact) mass is 273 g/mol. The highest BCUT2D eigenvalue weighted by Crippen LogP contribution is 2.46. The third-order valence-electron chi connectivity index (χ3n) is 4.35. The Balaban J connectivity index is 2.08.